The standard InChI is InChI=1S/C12H26N2O4S/c1-6-13-12(15)10(4)14-19(16,17)8-11(18-5)7-9(2)3/h9-11,14H,6-8H2,1-5H3,(H,13,15)/t10-,11-/m0/s1. The Kier molecular flexibility index (Phi) is 8.20. The molecule has 0 aromatic heterocycles. The monoisotopic (exact) mass is 294 g/mol. The number of carbonyl (C=O) groups is 1. The van der Waals surface area contributed by atoms with Crippen molar-refractivity contribution in [3.05, 3.63) is 0 Å². The summed E-state index contributed by atoms with van der Waals surface area (Å²) >= 11 is 0. The van der Waals surface area contributed by atoms with E-state index in [9.17, 15) is 13.2 Å². The quantitative estimate of drug-likeness (QED) is 0.648. The Labute approximate surface area is 116 Å². The van der Waals surface area contributed by atoms with Crippen LogP contribution < -0.4 is 10.0 Å². The fourth-order valence-corrected chi connectivity index (χ4v) is 3.20. The normalized spacial score (nSPS) is 15.3. The zero-order chi connectivity index (χ0) is 15.1. The van der Waals surface area contributed by atoms with E-state index < -0.39 is 16.1 Å². The number of amides is 1. The highest BCUT2D eigenvalue weighted by atomic mass is 32.2. The lowest BCUT2D eigenvalue weighted by Crippen LogP contribution is -2.46. The van der Waals surface area contributed by atoms with E-state index in [-0.39, 0.29) is 17.8 Å². The molecule has 0 aromatic rings. The zero-order valence-electron chi connectivity index (χ0n) is 12.4. The first kappa shape index (κ1) is 18.3. The zero-order valence-corrected chi connectivity index (χ0v) is 13.2. The van der Waals surface area contributed by atoms with Crippen molar-refractivity contribution in [3.8, 4) is 0 Å². The first-order chi connectivity index (χ1) is 8.71. The molecule has 0 aliphatic carbocycles. The van der Waals surface area contributed by atoms with Crippen molar-refractivity contribution in [1.29, 1.82) is 0 Å². The maximum atomic E-state index is 11.9. The van der Waals surface area contributed by atoms with Crippen LogP contribution in [0.2, 0.25) is 0 Å². The molecule has 6 nitrogen and oxygen atoms in total. The van der Waals surface area contributed by atoms with Crippen LogP contribution in [-0.4, -0.2) is 45.9 Å². The van der Waals surface area contributed by atoms with Crippen LogP contribution in [0.25, 0.3) is 0 Å². The molecule has 114 valence electrons. The fourth-order valence-electron chi connectivity index (χ4n) is 1.70. The molecule has 7 heteroatoms. The smallest absolute Gasteiger partial charge is 0.237 e. The SMILES string of the molecule is CCNC(=O)[C@H](C)NS(=O)(=O)C[C@H](CC(C)C)OC. The molecule has 0 heterocycles. The van der Waals surface area contributed by atoms with Gasteiger partial charge in [-0.15, -0.1) is 0 Å². The molecule has 0 fully saturated rings. The summed E-state index contributed by atoms with van der Waals surface area (Å²) in [4.78, 5) is 11.5. The Morgan fingerprint density at radius 3 is 2.26 bits per heavy atom. The summed E-state index contributed by atoms with van der Waals surface area (Å²) < 4.78 is 31.4. The maximum absolute atomic E-state index is 11.9. The van der Waals surface area contributed by atoms with Crippen LogP contribution in [0.5, 0.6) is 0 Å². The number of likely N-dealkylation sites (N-methyl/N-ethyl adjacent to an activating group) is 1. The highest BCUT2D eigenvalue weighted by Crippen LogP contribution is 2.09. The Balaban J connectivity index is 4.49. The third-order valence-electron chi connectivity index (χ3n) is 2.57. The van der Waals surface area contributed by atoms with Gasteiger partial charge in [0.05, 0.1) is 17.9 Å². The van der Waals surface area contributed by atoms with E-state index in [0.29, 0.717) is 18.9 Å². The van der Waals surface area contributed by atoms with Crippen molar-refractivity contribution < 1.29 is 17.9 Å². The lowest BCUT2D eigenvalue weighted by Gasteiger charge is -2.19. The number of methoxy groups -OCH3 is 1. The summed E-state index contributed by atoms with van der Waals surface area (Å²) in [7, 11) is -2.04. The van der Waals surface area contributed by atoms with E-state index in [2.05, 4.69) is 10.0 Å². The minimum atomic E-state index is -3.54. The topological polar surface area (TPSA) is 84.5 Å². The van der Waals surface area contributed by atoms with Gasteiger partial charge in [0, 0.05) is 13.7 Å². The number of rotatable bonds is 9. The molecule has 0 radical (unpaired) electrons. The van der Waals surface area contributed by atoms with Gasteiger partial charge in [-0.1, -0.05) is 13.8 Å². The van der Waals surface area contributed by atoms with E-state index in [1.807, 2.05) is 13.8 Å². The van der Waals surface area contributed by atoms with Crippen LogP contribution in [0.1, 0.15) is 34.1 Å². The van der Waals surface area contributed by atoms with Gasteiger partial charge in [0.25, 0.3) is 0 Å². The molecule has 0 saturated carbocycles. The molecule has 0 spiro atoms. The van der Waals surface area contributed by atoms with E-state index in [1.54, 1.807) is 6.92 Å². The van der Waals surface area contributed by atoms with Crippen molar-refractivity contribution in [1.82, 2.24) is 10.0 Å². The van der Waals surface area contributed by atoms with E-state index in [4.69, 9.17) is 4.74 Å². The van der Waals surface area contributed by atoms with Crippen LogP contribution in [0.15, 0.2) is 0 Å². The van der Waals surface area contributed by atoms with Crippen LogP contribution in [0, 0.1) is 5.92 Å². The predicted molar refractivity (Wildman–Crippen MR) is 75.3 cm³/mol. The molecule has 0 rings (SSSR count). The van der Waals surface area contributed by atoms with Gasteiger partial charge in [-0.05, 0) is 26.2 Å². The first-order valence-corrected chi connectivity index (χ1v) is 8.17. The molecule has 0 bridgehead atoms. The summed E-state index contributed by atoms with van der Waals surface area (Å²) in [5, 5.41) is 2.57. The molecule has 2 atom stereocenters. The van der Waals surface area contributed by atoms with Crippen molar-refractivity contribution >= 4 is 15.9 Å². The lowest BCUT2D eigenvalue weighted by atomic mass is 10.1. The third kappa shape index (κ3) is 8.18. The Morgan fingerprint density at radius 1 is 1.26 bits per heavy atom. The molecule has 1 amide bonds. The van der Waals surface area contributed by atoms with E-state index in [1.165, 1.54) is 14.0 Å². The highest BCUT2D eigenvalue weighted by molar-refractivity contribution is 7.89. The van der Waals surface area contributed by atoms with Gasteiger partial charge >= 0.3 is 0 Å². The van der Waals surface area contributed by atoms with E-state index >= 15 is 0 Å². The van der Waals surface area contributed by atoms with Gasteiger partial charge in [-0.2, -0.15) is 0 Å². The largest absolute Gasteiger partial charge is 0.380 e. The molecule has 0 aliphatic heterocycles. The molecule has 19 heavy (non-hydrogen) atoms. The molecular weight excluding hydrogens is 268 g/mol. The lowest BCUT2D eigenvalue weighted by molar-refractivity contribution is -0.122. The number of nitrogens with one attached hydrogen (secondary N) is 2. The molecule has 0 aromatic carbocycles. The van der Waals surface area contributed by atoms with Gasteiger partial charge in [-0.25, -0.2) is 13.1 Å². The van der Waals surface area contributed by atoms with Gasteiger partial charge in [0.2, 0.25) is 15.9 Å². The second kappa shape index (κ2) is 8.50. The maximum Gasteiger partial charge on any atom is 0.237 e. The van der Waals surface area contributed by atoms with Crippen LogP contribution >= 0.6 is 0 Å². The Morgan fingerprint density at radius 2 is 1.84 bits per heavy atom. The second-order valence-corrected chi connectivity index (χ2v) is 6.80. The average Bonchev–Trinajstić information content (AvgIpc) is 2.26. The first-order valence-electron chi connectivity index (χ1n) is 6.52. The average molecular weight is 294 g/mol. The minimum Gasteiger partial charge on any atom is -0.380 e. The van der Waals surface area contributed by atoms with Crippen LogP contribution in [-0.2, 0) is 19.6 Å². The van der Waals surface area contributed by atoms with Crippen molar-refractivity contribution in [2.24, 2.45) is 5.92 Å². The third-order valence-corrected chi connectivity index (χ3v) is 4.10. The molecule has 0 saturated heterocycles. The summed E-state index contributed by atoms with van der Waals surface area (Å²) in [6, 6.07) is -0.776. The van der Waals surface area contributed by atoms with Crippen molar-refractivity contribution in [3.63, 3.8) is 0 Å². The van der Waals surface area contributed by atoms with Crippen molar-refractivity contribution in [2.75, 3.05) is 19.4 Å². The molecule has 0 unspecified atom stereocenters. The number of sulfonamides is 1. The highest BCUT2D eigenvalue weighted by Gasteiger charge is 2.24. The van der Waals surface area contributed by atoms with Gasteiger partial charge in [-0.3, -0.25) is 4.79 Å². The van der Waals surface area contributed by atoms with Gasteiger partial charge in [0.15, 0.2) is 0 Å². The number of ether oxygens (including phenoxy) is 1. The molecule has 2 N–H and O–H groups in total. The molecular formula is C12H26N2O4S. The fraction of sp³-hybridized carbons (Fsp3) is 0.917. The van der Waals surface area contributed by atoms with Crippen LogP contribution in [0.4, 0.5) is 0 Å². The Bertz CT molecular complexity index is 368. The van der Waals surface area contributed by atoms with Crippen LogP contribution in [0.3, 0.4) is 0 Å². The summed E-state index contributed by atoms with van der Waals surface area (Å²) in [6.45, 7) is 7.78. The summed E-state index contributed by atoms with van der Waals surface area (Å²) in [5.74, 6) is -0.115. The predicted octanol–water partition coefficient (Wildman–Crippen LogP) is 0.492. The van der Waals surface area contributed by atoms with Gasteiger partial charge in [0.1, 0.15) is 0 Å². The molecule has 0 aliphatic rings. The number of hydrogen-bond donors (Lipinski definition) is 2. The Hall–Kier alpha value is -0.660. The number of carbonyl (C=O) groups excluding carboxylic acids is 1. The van der Waals surface area contributed by atoms with Gasteiger partial charge < -0.3 is 10.1 Å². The van der Waals surface area contributed by atoms with E-state index in [0.717, 1.165) is 0 Å². The van der Waals surface area contributed by atoms with Crippen molar-refractivity contribution in [2.45, 2.75) is 46.3 Å². The minimum absolute atomic E-state index is 0.134. The number of hydrogen-bond acceptors (Lipinski definition) is 4. The summed E-state index contributed by atoms with van der Waals surface area (Å²) in [6.07, 6.45) is 0.298. The summed E-state index contributed by atoms with van der Waals surface area (Å²) in [5.41, 5.74) is 0. The second-order valence-electron chi connectivity index (χ2n) is 5.00.